The summed E-state index contributed by atoms with van der Waals surface area (Å²) in [5.74, 6) is 0.164. The number of hydrogen-bond donors (Lipinski definition) is 2. The zero-order valence-corrected chi connectivity index (χ0v) is 16.9. The Bertz CT molecular complexity index is 1050. The van der Waals surface area contributed by atoms with Crippen LogP contribution in [-0.2, 0) is 4.74 Å². The molecular weight excluding hydrogens is 395 g/mol. The standard InChI is InChI=1S/C20H21FN4O3S/c1-11-16-18(23-10-24-19(16)29-17(11)20(26)27-2)25-14-6-5-12(21)8-15(14)28-13-4-3-7-22-9-13/h5-6,8,10,13,22H,3-4,7,9H2,1-2H3,(H,23,24,25)/t13-/m1/s1. The number of methoxy groups -OCH3 is 1. The fourth-order valence-corrected chi connectivity index (χ4v) is 4.45. The number of anilines is 2. The highest BCUT2D eigenvalue weighted by Crippen LogP contribution is 2.37. The fourth-order valence-electron chi connectivity index (χ4n) is 3.38. The normalized spacial score (nSPS) is 16.6. The van der Waals surface area contributed by atoms with Gasteiger partial charge in [-0.05, 0) is 44.0 Å². The number of piperidine rings is 1. The van der Waals surface area contributed by atoms with Gasteiger partial charge in [-0.15, -0.1) is 11.3 Å². The molecular formula is C20H21FN4O3S. The summed E-state index contributed by atoms with van der Waals surface area (Å²) < 4.78 is 24.8. The zero-order valence-electron chi connectivity index (χ0n) is 16.1. The van der Waals surface area contributed by atoms with E-state index < -0.39 is 5.97 Å². The highest BCUT2D eigenvalue weighted by molar-refractivity contribution is 7.20. The number of aromatic nitrogens is 2. The molecule has 7 nitrogen and oxygen atoms in total. The van der Waals surface area contributed by atoms with Gasteiger partial charge in [0.1, 0.15) is 39.5 Å². The largest absolute Gasteiger partial charge is 0.487 e. The number of aryl methyl sites for hydroxylation is 1. The van der Waals surface area contributed by atoms with Crippen LogP contribution in [0.5, 0.6) is 5.75 Å². The van der Waals surface area contributed by atoms with Crippen molar-refractivity contribution in [2.24, 2.45) is 0 Å². The Hall–Kier alpha value is -2.78. The van der Waals surface area contributed by atoms with E-state index in [1.165, 1.54) is 36.9 Å². The molecule has 1 saturated heterocycles. The zero-order chi connectivity index (χ0) is 20.4. The maximum atomic E-state index is 13.9. The van der Waals surface area contributed by atoms with Crippen LogP contribution in [0.4, 0.5) is 15.9 Å². The molecule has 29 heavy (non-hydrogen) atoms. The van der Waals surface area contributed by atoms with Gasteiger partial charge in [-0.1, -0.05) is 0 Å². The monoisotopic (exact) mass is 416 g/mol. The van der Waals surface area contributed by atoms with Gasteiger partial charge >= 0.3 is 5.97 Å². The lowest BCUT2D eigenvalue weighted by atomic mass is 10.1. The summed E-state index contributed by atoms with van der Waals surface area (Å²) in [5.41, 5.74) is 1.34. The maximum Gasteiger partial charge on any atom is 0.348 e. The van der Waals surface area contributed by atoms with Crippen LogP contribution in [0.3, 0.4) is 0 Å². The molecule has 1 atom stereocenters. The van der Waals surface area contributed by atoms with Gasteiger partial charge in [0.2, 0.25) is 0 Å². The average molecular weight is 416 g/mol. The maximum absolute atomic E-state index is 13.9. The Morgan fingerprint density at radius 2 is 2.24 bits per heavy atom. The molecule has 4 rings (SSSR count). The molecule has 0 radical (unpaired) electrons. The number of ether oxygens (including phenoxy) is 2. The number of benzene rings is 1. The van der Waals surface area contributed by atoms with E-state index in [0.717, 1.165) is 36.9 Å². The molecule has 1 aliphatic rings. The molecule has 1 aliphatic heterocycles. The lowest BCUT2D eigenvalue weighted by Crippen LogP contribution is -2.37. The Morgan fingerprint density at radius 3 is 3.00 bits per heavy atom. The van der Waals surface area contributed by atoms with Crippen LogP contribution in [0.2, 0.25) is 0 Å². The molecule has 0 aliphatic carbocycles. The topological polar surface area (TPSA) is 85.4 Å². The second kappa shape index (κ2) is 8.30. The Labute approximate surface area is 171 Å². The Balaban J connectivity index is 1.70. The van der Waals surface area contributed by atoms with Crippen LogP contribution in [-0.4, -0.2) is 42.2 Å². The Kier molecular flexibility index (Phi) is 5.59. The van der Waals surface area contributed by atoms with Crippen molar-refractivity contribution in [2.45, 2.75) is 25.9 Å². The highest BCUT2D eigenvalue weighted by atomic mass is 32.1. The van der Waals surface area contributed by atoms with Gasteiger partial charge in [-0.2, -0.15) is 0 Å². The lowest BCUT2D eigenvalue weighted by Gasteiger charge is -2.25. The molecule has 2 aromatic heterocycles. The molecule has 1 fully saturated rings. The first kappa shape index (κ1) is 19.5. The number of fused-ring (bicyclic) bond motifs is 1. The fraction of sp³-hybridized carbons (Fsp3) is 0.350. The highest BCUT2D eigenvalue weighted by Gasteiger charge is 2.21. The van der Waals surface area contributed by atoms with Crippen LogP contribution < -0.4 is 15.4 Å². The summed E-state index contributed by atoms with van der Waals surface area (Å²) in [6.45, 7) is 3.52. The predicted octanol–water partition coefficient (Wildman–Crippen LogP) is 3.80. The molecule has 3 aromatic rings. The van der Waals surface area contributed by atoms with Crippen LogP contribution >= 0.6 is 11.3 Å². The summed E-state index contributed by atoms with van der Waals surface area (Å²) in [4.78, 5) is 21.8. The molecule has 1 aromatic carbocycles. The first-order chi connectivity index (χ1) is 14.1. The van der Waals surface area contributed by atoms with E-state index >= 15 is 0 Å². The first-order valence-corrected chi connectivity index (χ1v) is 10.1. The summed E-state index contributed by atoms with van der Waals surface area (Å²) in [6.07, 6.45) is 3.33. The molecule has 0 bridgehead atoms. The number of halogens is 1. The number of hydrogen-bond acceptors (Lipinski definition) is 8. The van der Waals surface area contributed by atoms with Crippen molar-refractivity contribution in [1.29, 1.82) is 0 Å². The molecule has 3 heterocycles. The summed E-state index contributed by atoms with van der Waals surface area (Å²) in [7, 11) is 1.35. The number of carbonyl (C=O) groups is 1. The van der Waals surface area contributed by atoms with Crippen LogP contribution in [0.1, 0.15) is 28.1 Å². The van der Waals surface area contributed by atoms with Crippen molar-refractivity contribution in [3.8, 4) is 5.75 Å². The molecule has 9 heteroatoms. The third kappa shape index (κ3) is 4.01. The Morgan fingerprint density at radius 1 is 1.38 bits per heavy atom. The van der Waals surface area contributed by atoms with E-state index in [1.807, 2.05) is 6.92 Å². The third-order valence-electron chi connectivity index (χ3n) is 4.84. The number of esters is 1. The molecule has 0 unspecified atom stereocenters. The smallest absolute Gasteiger partial charge is 0.348 e. The SMILES string of the molecule is COC(=O)c1sc2ncnc(Nc3ccc(F)cc3O[C@@H]3CCCNC3)c2c1C. The number of nitrogens with one attached hydrogen (secondary N) is 2. The van der Waals surface area contributed by atoms with Crippen molar-refractivity contribution in [3.05, 3.63) is 40.8 Å². The van der Waals surface area contributed by atoms with Gasteiger partial charge in [0, 0.05) is 12.6 Å². The number of rotatable bonds is 5. The van der Waals surface area contributed by atoms with Crippen LogP contribution in [0, 0.1) is 12.7 Å². The van der Waals surface area contributed by atoms with E-state index in [4.69, 9.17) is 9.47 Å². The molecule has 0 amide bonds. The summed E-state index contributed by atoms with van der Waals surface area (Å²) >= 11 is 1.25. The van der Waals surface area contributed by atoms with Crippen molar-refractivity contribution in [3.63, 3.8) is 0 Å². The second-order valence-corrected chi connectivity index (χ2v) is 7.80. The van der Waals surface area contributed by atoms with E-state index in [9.17, 15) is 9.18 Å². The minimum absolute atomic E-state index is 0.0228. The lowest BCUT2D eigenvalue weighted by molar-refractivity contribution is 0.0605. The number of thiophene rings is 1. The molecule has 0 spiro atoms. The van der Waals surface area contributed by atoms with Crippen LogP contribution in [0.15, 0.2) is 24.5 Å². The first-order valence-electron chi connectivity index (χ1n) is 9.33. The minimum atomic E-state index is -0.410. The predicted molar refractivity (Wildman–Crippen MR) is 110 cm³/mol. The summed E-state index contributed by atoms with van der Waals surface area (Å²) in [5, 5.41) is 7.25. The van der Waals surface area contributed by atoms with E-state index in [0.29, 0.717) is 27.0 Å². The minimum Gasteiger partial charge on any atom is -0.487 e. The molecule has 0 saturated carbocycles. The van der Waals surface area contributed by atoms with Crippen LogP contribution in [0.25, 0.3) is 10.2 Å². The van der Waals surface area contributed by atoms with Gasteiger partial charge < -0.3 is 20.1 Å². The van der Waals surface area contributed by atoms with Gasteiger partial charge in [-0.25, -0.2) is 19.2 Å². The average Bonchev–Trinajstić information content (AvgIpc) is 3.08. The van der Waals surface area contributed by atoms with Gasteiger partial charge in [0.25, 0.3) is 0 Å². The summed E-state index contributed by atoms with van der Waals surface area (Å²) in [6, 6.07) is 4.36. The second-order valence-electron chi connectivity index (χ2n) is 6.80. The van der Waals surface area contributed by atoms with Crippen molar-refractivity contribution < 1.29 is 18.7 Å². The van der Waals surface area contributed by atoms with E-state index in [-0.39, 0.29) is 11.9 Å². The van der Waals surface area contributed by atoms with Gasteiger partial charge in [0.15, 0.2) is 0 Å². The van der Waals surface area contributed by atoms with Crippen molar-refractivity contribution in [2.75, 3.05) is 25.5 Å². The molecule has 152 valence electrons. The molecule has 2 N–H and O–H groups in total. The van der Waals surface area contributed by atoms with Crippen molar-refractivity contribution >= 4 is 39.0 Å². The van der Waals surface area contributed by atoms with Crippen molar-refractivity contribution in [1.82, 2.24) is 15.3 Å². The van der Waals surface area contributed by atoms with Gasteiger partial charge in [-0.3, -0.25) is 0 Å². The van der Waals surface area contributed by atoms with E-state index in [1.54, 1.807) is 6.07 Å². The van der Waals surface area contributed by atoms with Gasteiger partial charge in [0.05, 0.1) is 18.2 Å². The number of carbonyl (C=O) groups excluding carboxylic acids is 1. The third-order valence-corrected chi connectivity index (χ3v) is 6.02. The van der Waals surface area contributed by atoms with E-state index in [2.05, 4.69) is 20.6 Å². The number of nitrogens with zero attached hydrogens (tertiary/aromatic N) is 2. The quantitative estimate of drug-likeness (QED) is 0.612.